The van der Waals surface area contributed by atoms with E-state index in [1.165, 1.54) is 0 Å². The maximum atomic E-state index is 13.8. The summed E-state index contributed by atoms with van der Waals surface area (Å²) in [5.74, 6) is -0.516. The summed E-state index contributed by atoms with van der Waals surface area (Å²) in [5, 5.41) is 0.934. The number of para-hydroxylation sites is 1. The molecule has 1 aromatic carbocycles. The van der Waals surface area contributed by atoms with Gasteiger partial charge in [-0.15, -0.1) is 0 Å². The summed E-state index contributed by atoms with van der Waals surface area (Å²) in [4.78, 5) is 11.8. The number of fused-ring (bicyclic) bond motifs is 1. The Balaban J connectivity index is 2.35. The second-order valence-electron chi connectivity index (χ2n) is 3.72. The van der Waals surface area contributed by atoms with Crippen molar-refractivity contribution in [3.63, 3.8) is 0 Å². The molecule has 18 heavy (non-hydrogen) atoms. The molecule has 0 spiro atoms. The Hall–Kier alpha value is -2.07. The fraction of sp³-hybridized carbons (Fsp3) is 0. The molecule has 0 atom stereocenters. The zero-order chi connectivity index (χ0) is 12.5. The fourth-order valence-corrected chi connectivity index (χ4v) is 1.96. The highest BCUT2D eigenvalue weighted by molar-refractivity contribution is 6.28. The summed E-state index contributed by atoms with van der Waals surface area (Å²) in [5.41, 5.74) is 1.46. The van der Waals surface area contributed by atoms with Gasteiger partial charge in [0.25, 0.3) is 0 Å². The van der Waals surface area contributed by atoms with Crippen LogP contribution in [0.1, 0.15) is 0 Å². The quantitative estimate of drug-likeness (QED) is 0.628. The molecule has 0 aliphatic rings. The van der Waals surface area contributed by atoms with E-state index in [1.807, 2.05) is 24.3 Å². The first-order chi connectivity index (χ1) is 8.75. The minimum atomic E-state index is -0.516. The summed E-state index contributed by atoms with van der Waals surface area (Å²) >= 11 is 5.71. The van der Waals surface area contributed by atoms with Gasteiger partial charge >= 0.3 is 0 Å². The van der Waals surface area contributed by atoms with Gasteiger partial charge in [-0.2, -0.15) is 0 Å². The van der Waals surface area contributed by atoms with Crippen LogP contribution in [0, 0.1) is 5.82 Å². The third-order valence-corrected chi connectivity index (χ3v) is 2.78. The number of pyridine rings is 1. The minimum Gasteiger partial charge on any atom is -0.256 e. The van der Waals surface area contributed by atoms with Gasteiger partial charge in [-0.25, -0.2) is 14.4 Å². The third kappa shape index (κ3) is 1.80. The molecule has 3 nitrogen and oxygen atoms in total. The molecule has 0 saturated heterocycles. The lowest BCUT2D eigenvalue weighted by molar-refractivity contribution is 0.618. The molecule has 2 heterocycles. The van der Waals surface area contributed by atoms with Gasteiger partial charge in [0.05, 0.1) is 11.7 Å². The number of hydrogen-bond donors (Lipinski definition) is 0. The average molecular weight is 260 g/mol. The SMILES string of the molecule is Fc1cnc(Cl)nc1-c1cccc2cccnc12. The van der Waals surface area contributed by atoms with Gasteiger partial charge in [0.2, 0.25) is 5.28 Å². The van der Waals surface area contributed by atoms with E-state index in [2.05, 4.69) is 15.0 Å². The lowest BCUT2D eigenvalue weighted by atomic mass is 10.1. The van der Waals surface area contributed by atoms with Crippen molar-refractivity contribution in [2.45, 2.75) is 0 Å². The van der Waals surface area contributed by atoms with E-state index >= 15 is 0 Å². The van der Waals surface area contributed by atoms with Crippen LogP contribution in [-0.4, -0.2) is 15.0 Å². The molecular weight excluding hydrogens is 253 g/mol. The van der Waals surface area contributed by atoms with E-state index in [-0.39, 0.29) is 11.0 Å². The first kappa shape index (κ1) is 11.0. The molecule has 2 aromatic heterocycles. The van der Waals surface area contributed by atoms with E-state index in [9.17, 15) is 4.39 Å². The zero-order valence-electron chi connectivity index (χ0n) is 9.14. The molecule has 3 aromatic rings. The van der Waals surface area contributed by atoms with Crippen molar-refractivity contribution in [2.75, 3.05) is 0 Å². The van der Waals surface area contributed by atoms with Crippen LogP contribution in [-0.2, 0) is 0 Å². The maximum absolute atomic E-state index is 13.8. The maximum Gasteiger partial charge on any atom is 0.223 e. The van der Waals surface area contributed by atoms with Crippen LogP contribution in [0.3, 0.4) is 0 Å². The van der Waals surface area contributed by atoms with Crippen molar-refractivity contribution in [3.05, 3.63) is 53.8 Å². The largest absolute Gasteiger partial charge is 0.256 e. The molecule has 0 aliphatic carbocycles. The van der Waals surface area contributed by atoms with Crippen LogP contribution in [0.25, 0.3) is 22.2 Å². The van der Waals surface area contributed by atoms with Crippen LogP contribution in [0.2, 0.25) is 5.28 Å². The standard InChI is InChI=1S/C13H7ClFN3/c14-13-17-7-10(15)12(18-13)9-5-1-3-8-4-2-6-16-11(8)9/h1-7H. The number of rotatable bonds is 1. The first-order valence-electron chi connectivity index (χ1n) is 5.28. The second kappa shape index (κ2) is 4.31. The number of aromatic nitrogens is 3. The Morgan fingerprint density at radius 3 is 2.78 bits per heavy atom. The normalized spacial score (nSPS) is 10.8. The molecule has 88 valence electrons. The number of halogens is 2. The molecule has 0 amide bonds. The summed E-state index contributed by atoms with van der Waals surface area (Å²) in [6.45, 7) is 0. The predicted octanol–water partition coefficient (Wildman–Crippen LogP) is 3.48. The van der Waals surface area contributed by atoms with Crippen LogP contribution in [0.15, 0.2) is 42.7 Å². The number of hydrogen-bond acceptors (Lipinski definition) is 3. The lowest BCUT2D eigenvalue weighted by Gasteiger charge is -2.05. The molecule has 0 unspecified atom stereocenters. The van der Waals surface area contributed by atoms with Gasteiger partial charge in [0, 0.05) is 17.1 Å². The highest BCUT2D eigenvalue weighted by Crippen LogP contribution is 2.27. The monoisotopic (exact) mass is 259 g/mol. The molecule has 0 bridgehead atoms. The molecular formula is C13H7ClFN3. The average Bonchev–Trinajstić information content (AvgIpc) is 2.41. The Bertz CT molecular complexity index is 725. The molecule has 0 radical (unpaired) electrons. The Morgan fingerprint density at radius 2 is 1.89 bits per heavy atom. The van der Waals surface area contributed by atoms with Gasteiger partial charge in [-0.3, -0.25) is 4.98 Å². The molecule has 0 N–H and O–H groups in total. The Kier molecular flexibility index (Phi) is 2.64. The van der Waals surface area contributed by atoms with Crippen LogP contribution >= 0.6 is 11.6 Å². The molecule has 0 aliphatic heterocycles. The summed E-state index contributed by atoms with van der Waals surface area (Å²) in [6, 6.07) is 9.24. The van der Waals surface area contributed by atoms with Crippen LogP contribution in [0.4, 0.5) is 4.39 Å². The van der Waals surface area contributed by atoms with Gasteiger partial charge < -0.3 is 0 Å². The Morgan fingerprint density at radius 1 is 1.06 bits per heavy atom. The smallest absolute Gasteiger partial charge is 0.223 e. The summed E-state index contributed by atoms with van der Waals surface area (Å²) < 4.78 is 13.8. The van der Waals surface area contributed by atoms with Gasteiger partial charge in [-0.1, -0.05) is 24.3 Å². The van der Waals surface area contributed by atoms with E-state index in [4.69, 9.17) is 11.6 Å². The molecule has 0 saturated carbocycles. The van der Waals surface area contributed by atoms with Crippen molar-refractivity contribution in [3.8, 4) is 11.3 Å². The van der Waals surface area contributed by atoms with Crippen molar-refractivity contribution in [1.29, 1.82) is 0 Å². The van der Waals surface area contributed by atoms with E-state index in [0.717, 1.165) is 11.6 Å². The van der Waals surface area contributed by atoms with E-state index in [0.29, 0.717) is 11.1 Å². The van der Waals surface area contributed by atoms with Crippen molar-refractivity contribution in [2.24, 2.45) is 0 Å². The van der Waals surface area contributed by atoms with Crippen molar-refractivity contribution >= 4 is 22.5 Å². The van der Waals surface area contributed by atoms with Crippen LogP contribution < -0.4 is 0 Å². The molecule has 3 rings (SSSR count). The van der Waals surface area contributed by atoms with Crippen LogP contribution in [0.5, 0.6) is 0 Å². The highest BCUT2D eigenvalue weighted by Gasteiger charge is 2.12. The minimum absolute atomic E-state index is 0.0133. The number of benzene rings is 1. The molecule has 5 heteroatoms. The molecule has 0 fully saturated rings. The highest BCUT2D eigenvalue weighted by atomic mass is 35.5. The van der Waals surface area contributed by atoms with Gasteiger partial charge in [-0.05, 0) is 17.7 Å². The van der Waals surface area contributed by atoms with Crippen molar-refractivity contribution in [1.82, 2.24) is 15.0 Å². The summed E-state index contributed by atoms with van der Waals surface area (Å²) in [7, 11) is 0. The number of nitrogens with zero attached hydrogens (tertiary/aromatic N) is 3. The topological polar surface area (TPSA) is 38.7 Å². The fourth-order valence-electron chi connectivity index (χ4n) is 1.83. The van der Waals surface area contributed by atoms with Gasteiger partial charge in [0.15, 0.2) is 5.82 Å². The predicted molar refractivity (Wildman–Crippen MR) is 67.7 cm³/mol. The summed E-state index contributed by atoms with van der Waals surface area (Å²) in [6.07, 6.45) is 2.72. The second-order valence-corrected chi connectivity index (χ2v) is 4.05. The Labute approximate surface area is 107 Å². The third-order valence-electron chi connectivity index (χ3n) is 2.60. The zero-order valence-corrected chi connectivity index (χ0v) is 9.89. The first-order valence-corrected chi connectivity index (χ1v) is 5.65. The van der Waals surface area contributed by atoms with Crippen molar-refractivity contribution < 1.29 is 4.39 Å². The van der Waals surface area contributed by atoms with E-state index in [1.54, 1.807) is 12.3 Å². The van der Waals surface area contributed by atoms with E-state index < -0.39 is 5.82 Å². The lowest BCUT2D eigenvalue weighted by Crippen LogP contribution is -1.94. The van der Waals surface area contributed by atoms with Gasteiger partial charge in [0.1, 0.15) is 5.69 Å².